The fourth-order valence-corrected chi connectivity index (χ4v) is 1.30. The van der Waals surface area contributed by atoms with Crippen molar-refractivity contribution in [3.63, 3.8) is 0 Å². The molecular formula is C8H6N4. The van der Waals surface area contributed by atoms with Gasteiger partial charge >= 0.3 is 0 Å². The molecule has 0 amide bonds. The lowest BCUT2D eigenvalue weighted by molar-refractivity contribution is 0.922. The minimum atomic E-state index is 0.770. The highest BCUT2D eigenvalue weighted by molar-refractivity contribution is 5.61. The van der Waals surface area contributed by atoms with E-state index in [4.69, 9.17) is 0 Å². The first kappa shape index (κ1) is 5.77. The number of nitrogens with one attached hydrogen (secondary N) is 1. The first-order chi connectivity index (χ1) is 5.93. The molecule has 12 heavy (non-hydrogen) atoms. The largest absolute Gasteiger partial charge is 0.298 e. The van der Waals surface area contributed by atoms with Gasteiger partial charge in [-0.15, -0.1) is 0 Å². The number of hydrogen-bond acceptors (Lipinski definition) is 2. The zero-order valence-corrected chi connectivity index (χ0v) is 6.23. The topological polar surface area (TPSA) is 46.5 Å². The summed E-state index contributed by atoms with van der Waals surface area (Å²) < 4.78 is 1.84. The minimum Gasteiger partial charge on any atom is -0.298 e. The van der Waals surface area contributed by atoms with Crippen molar-refractivity contribution in [1.29, 1.82) is 0 Å². The predicted octanol–water partition coefficient (Wildman–Crippen LogP) is 1.21. The Labute approximate surface area is 68.6 Å². The van der Waals surface area contributed by atoms with Gasteiger partial charge in [-0.25, -0.2) is 14.6 Å². The molecule has 58 valence electrons. The molecule has 1 N–H and O–H groups in total. The average Bonchev–Trinajstić information content (AvgIpc) is 2.57. The summed E-state index contributed by atoms with van der Waals surface area (Å²) >= 11 is 0. The highest BCUT2D eigenvalue weighted by Crippen LogP contribution is 2.20. The summed E-state index contributed by atoms with van der Waals surface area (Å²) in [7, 11) is 0. The van der Waals surface area contributed by atoms with E-state index in [0.29, 0.717) is 0 Å². The lowest BCUT2D eigenvalue weighted by Gasteiger charge is -1.94. The molecule has 4 heteroatoms. The van der Waals surface area contributed by atoms with Crippen LogP contribution in [0.25, 0.3) is 23.8 Å². The van der Waals surface area contributed by atoms with Gasteiger partial charge in [0.2, 0.25) is 0 Å². The third-order valence-electron chi connectivity index (χ3n) is 1.84. The van der Waals surface area contributed by atoms with Crippen LogP contribution in [0.2, 0.25) is 0 Å². The van der Waals surface area contributed by atoms with Gasteiger partial charge in [0.05, 0.1) is 0 Å². The van der Waals surface area contributed by atoms with Gasteiger partial charge in [-0.2, -0.15) is 0 Å². The van der Waals surface area contributed by atoms with E-state index in [1.54, 1.807) is 0 Å². The predicted molar refractivity (Wildman–Crippen MR) is 45.4 cm³/mol. The van der Waals surface area contributed by atoms with Crippen molar-refractivity contribution in [2.24, 2.45) is 0 Å². The standard InChI is InChI=1S/C8H6N4/c1-2-4-12-8-6(5-9-12)10-7(3-1)11-8/h1-5,9H. The van der Waals surface area contributed by atoms with Crippen molar-refractivity contribution in [3.8, 4) is 11.5 Å². The van der Waals surface area contributed by atoms with Crippen molar-refractivity contribution in [2.75, 3.05) is 0 Å². The first-order valence-corrected chi connectivity index (χ1v) is 3.72. The zero-order chi connectivity index (χ0) is 7.97. The normalized spacial score (nSPS) is 14.0. The smallest absolute Gasteiger partial charge is 0.181 e. The summed E-state index contributed by atoms with van der Waals surface area (Å²) in [6.45, 7) is 0. The zero-order valence-electron chi connectivity index (χ0n) is 6.23. The van der Waals surface area contributed by atoms with Crippen LogP contribution in [-0.2, 0) is 0 Å². The Balaban J connectivity index is 2.44. The highest BCUT2D eigenvalue weighted by Gasteiger charge is 2.13. The third kappa shape index (κ3) is 0.611. The summed E-state index contributed by atoms with van der Waals surface area (Å²) in [4.78, 5) is 8.57. The molecule has 0 radical (unpaired) electrons. The van der Waals surface area contributed by atoms with E-state index in [0.717, 1.165) is 17.3 Å². The number of H-pyrrole nitrogens is 1. The van der Waals surface area contributed by atoms with Gasteiger partial charge in [0, 0.05) is 12.4 Å². The minimum absolute atomic E-state index is 0.770. The van der Waals surface area contributed by atoms with Crippen molar-refractivity contribution in [2.45, 2.75) is 0 Å². The molecule has 0 saturated heterocycles. The van der Waals surface area contributed by atoms with Gasteiger partial charge in [-0.3, -0.25) is 5.10 Å². The van der Waals surface area contributed by atoms with Crippen LogP contribution in [0.15, 0.2) is 18.3 Å². The van der Waals surface area contributed by atoms with Gasteiger partial charge in [0.25, 0.3) is 0 Å². The number of hydrogen-bond donors (Lipinski definition) is 1. The first-order valence-electron chi connectivity index (χ1n) is 3.72. The molecule has 0 fully saturated rings. The van der Waals surface area contributed by atoms with E-state index in [1.807, 2.05) is 35.3 Å². The molecule has 0 saturated carbocycles. The van der Waals surface area contributed by atoms with Crippen LogP contribution in [-0.4, -0.2) is 19.7 Å². The van der Waals surface area contributed by atoms with Gasteiger partial charge in [-0.1, -0.05) is 6.08 Å². The van der Waals surface area contributed by atoms with E-state index in [-0.39, 0.29) is 0 Å². The molecule has 3 heterocycles. The molecule has 0 spiro atoms. The van der Waals surface area contributed by atoms with Crippen LogP contribution in [0.4, 0.5) is 0 Å². The van der Waals surface area contributed by atoms with E-state index in [2.05, 4.69) is 15.1 Å². The van der Waals surface area contributed by atoms with Gasteiger partial charge in [0.1, 0.15) is 5.69 Å². The van der Waals surface area contributed by atoms with Crippen LogP contribution >= 0.6 is 0 Å². The summed E-state index contributed by atoms with van der Waals surface area (Å²) in [5, 5.41) is 3.03. The SMILES string of the molecule is C1=Cc2nc3c[nH]n(c-3n2)C=C1. The number of fused-ring (bicyclic) bond motifs is 1. The molecule has 3 rings (SSSR count). The maximum absolute atomic E-state index is 4.30. The third-order valence-corrected chi connectivity index (χ3v) is 1.84. The fraction of sp³-hybridized carbons (Fsp3) is 0. The van der Waals surface area contributed by atoms with Crippen LogP contribution in [0, 0.1) is 0 Å². The molecule has 0 unspecified atom stereocenters. The second-order valence-corrected chi connectivity index (χ2v) is 2.63. The summed E-state index contributed by atoms with van der Waals surface area (Å²) in [6, 6.07) is 0. The van der Waals surface area contributed by atoms with Crippen molar-refractivity contribution < 1.29 is 0 Å². The molecular weight excluding hydrogens is 152 g/mol. The number of aromatic nitrogens is 4. The maximum atomic E-state index is 4.30. The summed E-state index contributed by atoms with van der Waals surface area (Å²) in [5.41, 5.74) is 0.904. The Bertz CT molecular complexity index is 446. The lowest BCUT2D eigenvalue weighted by atomic mass is 10.4. The Kier molecular flexibility index (Phi) is 0.889. The van der Waals surface area contributed by atoms with E-state index in [1.165, 1.54) is 0 Å². The molecule has 0 aromatic rings. The molecule has 0 aromatic carbocycles. The van der Waals surface area contributed by atoms with Crippen molar-refractivity contribution in [1.82, 2.24) is 19.7 Å². The molecule has 0 aromatic heterocycles. The quantitative estimate of drug-likeness (QED) is 0.626. The number of allylic oxidation sites excluding steroid dienone is 2. The average molecular weight is 158 g/mol. The van der Waals surface area contributed by atoms with E-state index < -0.39 is 0 Å². The fourth-order valence-electron chi connectivity index (χ4n) is 1.30. The van der Waals surface area contributed by atoms with Gasteiger partial charge in [0.15, 0.2) is 11.6 Å². The number of aromatic amines is 1. The Morgan fingerprint density at radius 3 is 3.25 bits per heavy atom. The molecule has 4 nitrogen and oxygen atoms in total. The second kappa shape index (κ2) is 1.85. The van der Waals surface area contributed by atoms with Crippen molar-refractivity contribution in [3.05, 3.63) is 24.2 Å². The lowest BCUT2D eigenvalue weighted by Crippen LogP contribution is -1.91. The van der Waals surface area contributed by atoms with E-state index in [9.17, 15) is 0 Å². The van der Waals surface area contributed by atoms with Crippen molar-refractivity contribution >= 4 is 12.3 Å². The Hall–Kier alpha value is -1.84. The number of imidazole rings is 1. The molecule has 2 bridgehead atoms. The molecule has 3 aliphatic heterocycles. The monoisotopic (exact) mass is 158 g/mol. The Morgan fingerprint density at radius 2 is 2.25 bits per heavy atom. The van der Waals surface area contributed by atoms with Gasteiger partial charge < -0.3 is 0 Å². The van der Waals surface area contributed by atoms with Crippen LogP contribution in [0.1, 0.15) is 5.82 Å². The second-order valence-electron chi connectivity index (χ2n) is 2.63. The summed E-state index contributed by atoms with van der Waals surface area (Å²) in [6.07, 6.45) is 9.51. The summed E-state index contributed by atoms with van der Waals surface area (Å²) in [5.74, 6) is 1.65. The maximum Gasteiger partial charge on any atom is 0.181 e. The van der Waals surface area contributed by atoms with Crippen LogP contribution in [0.5, 0.6) is 0 Å². The number of nitrogens with zero attached hydrogens (tertiary/aromatic N) is 3. The molecule has 0 aliphatic carbocycles. The Morgan fingerprint density at radius 1 is 1.25 bits per heavy atom. The number of rotatable bonds is 0. The van der Waals surface area contributed by atoms with E-state index >= 15 is 0 Å². The molecule has 3 aliphatic rings. The molecule has 0 atom stereocenters. The van der Waals surface area contributed by atoms with Crippen LogP contribution < -0.4 is 0 Å². The van der Waals surface area contributed by atoms with Gasteiger partial charge in [-0.05, 0) is 12.2 Å². The van der Waals surface area contributed by atoms with Crippen LogP contribution in [0.3, 0.4) is 0 Å². The highest BCUT2D eigenvalue weighted by atomic mass is 15.3.